The molecule has 176 valence electrons. The van der Waals surface area contributed by atoms with Gasteiger partial charge in [0.25, 0.3) is 5.56 Å². The zero-order valence-electron chi connectivity index (χ0n) is 18.9. The monoisotopic (exact) mass is 461 g/mol. The third-order valence-electron chi connectivity index (χ3n) is 5.65. The second-order valence-corrected chi connectivity index (χ2v) is 8.06. The van der Waals surface area contributed by atoms with Crippen LogP contribution in [-0.4, -0.2) is 39.3 Å². The van der Waals surface area contributed by atoms with Crippen LogP contribution in [0.1, 0.15) is 34.3 Å². The second kappa shape index (κ2) is 11.1. The molecule has 0 spiro atoms. The molecule has 1 saturated heterocycles. The van der Waals surface area contributed by atoms with Crippen LogP contribution in [0.5, 0.6) is 0 Å². The average Bonchev–Trinajstić information content (AvgIpc) is 2.85. The normalized spacial score (nSPS) is 15.1. The SMILES string of the molecule is Cn1c(=O)cc(N2CCC[C@H](N)C2)n(Cc2ccccc2C#N)c1=O.O=C(O)c1ccccc1. The maximum absolute atomic E-state index is 12.7. The van der Waals surface area contributed by atoms with Crippen LogP contribution in [0.3, 0.4) is 0 Å². The van der Waals surface area contributed by atoms with Gasteiger partial charge in [0, 0.05) is 32.2 Å². The summed E-state index contributed by atoms with van der Waals surface area (Å²) in [4.78, 5) is 37.1. The molecule has 34 heavy (non-hydrogen) atoms. The van der Waals surface area contributed by atoms with Crippen LogP contribution in [0.2, 0.25) is 0 Å². The Labute approximate surface area is 196 Å². The van der Waals surface area contributed by atoms with Gasteiger partial charge in [0.2, 0.25) is 0 Å². The Morgan fingerprint density at radius 2 is 1.82 bits per heavy atom. The largest absolute Gasteiger partial charge is 0.478 e. The Kier molecular flexibility index (Phi) is 8.01. The lowest BCUT2D eigenvalue weighted by atomic mass is 10.1. The number of nitriles is 1. The molecule has 0 aliphatic carbocycles. The highest BCUT2D eigenvalue weighted by molar-refractivity contribution is 5.87. The first-order valence-corrected chi connectivity index (χ1v) is 10.9. The number of carbonyl (C=O) groups is 1. The lowest BCUT2D eigenvalue weighted by Gasteiger charge is -2.34. The Bertz CT molecular complexity index is 1310. The van der Waals surface area contributed by atoms with Crippen molar-refractivity contribution in [3.8, 4) is 6.07 Å². The number of benzene rings is 2. The molecule has 1 aliphatic heterocycles. The lowest BCUT2D eigenvalue weighted by molar-refractivity contribution is 0.0697. The van der Waals surface area contributed by atoms with Gasteiger partial charge in [-0.3, -0.25) is 13.9 Å². The molecule has 9 heteroatoms. The Morgan fingerprint density at radius 3 is 2.44 bits per heavy atom. The Hall–Kier alpha value is -4.16. The molecule has 4 rings (SSSR count). The standard InChI is InChI=1S/C18H21N5O2.C7H6O2/c1-21-17(24)9-16(22-8-4-7-15(20)12-22)23(18(21)25)11-14-6-3-2-5-13(14)10-19;8-7(9)6-4-2-1-3-5-6/h2-3,5-6,9,15H,4,7-8,11-12,20H2,1H3;1-5H,(H,8,9)/t15-;/m0./s1. The second-order valence-electron chi connectivity index (χ2n) is 8.06. The number of nitrogens with two attached hydrogens (primary N) is 1. The van der Waals surface area contributed by atoms with Gasteiger partial charge < -0.3 is 15.7 Å². The van der Waals surface area contributed by atoms with Gasteiger partial charge >= 0.3 is 11.7 Å². The molecule has 1 atom stereocenters. The molecule has 9 nitrogen and oxygen atoms in total. The average molecular weight is 462 g/mol. The minimum absolute atomic E-state index is 0.0211. The van der Waals surface area contributed by atoms with Crippen molar-refractivity contribution in [3.05, 3.63) is 98.2 Å². The number of piperidine rings is 1. The zero-order valence-corrected chi connectivity index (χ0v) is 18.9. The molecule has 0 radical (unpaired) electrons. The van der Waals surface area contributed by atoms with Gasteiger partial charge in [-0.15, -0.1) is 0 Å². The van der Waals surface area contributed by atoms with Crippen molar-refractivity contribution < 1.29 is 9.90 Å². The molecule has 3 N–H and O–H groups in total. The number of hydrogen-bond acceptors (Lipinski definition) is 6. The van der Waals surface area contributed by atoms with Gasteiger partial charge in [-0.2, -0.15) is 5.26 Å². The quantitative estimate of drug-likeness (QED) is 0.605. The summed E-state index contributed by atoms with van der Waals surface area (Å²) in [6, 6.07) is 19.1. The van der Waals surface area contributed by atoms with E-state index in [1.54, 1.807) is 47.0 Å². The van der Waals surface area contributed by atoms with E-state index in [-0.39, 0.29) is 18.1 Å². The van der Waals surface area contributed by atoms with Gasteiger partial charge in [-0.05, 0) is 36.6 Å². The van der Waals surface area contributed by atoms with E-state index in [4.69, 9.17) is 10.8 Å². The zero-order chi connectivity index (χ0) is 24.7. The van der Waals surface area contributed by atoms with E-state index in [9.17, 15) is 19.6 Å². The predicted octanol–water partition coefficient (Wildman–Crippen LogP) is 1.78. The fourth-order valence-corrected chi connectivity index (χ4v) is 3.81. The van der Waals surface area contributed by atoms with Crippen LogP contribution >= 0.6 is 0 Å². The smallest absolute Gasteiger partial charge is 0.335 e. The van der Waals surface area contributed by atoms with E-state index < -0.39 is 11.7 Å². The fourth-order valence-electron chi connectivity index (χ4n) is 3.81. The minimum Gasteiger partial charge on any atom is -0.478 e. The summed E-state index contributed by atoms with van der Waals surface area (Å²) in [5.41, 5.74) is 6.92. The van der Waals surface area contributed by atoms with Gasteiger partial charge in [0.05, 0.1) is 23.7 Å². The van der Waals surface area contributed by atoms with E-state index in [1.807, 2.05) is 17.0 Å². The third-order valence-corrected chi connectivity index (χ3v) is 5.65. The Morgan fingerprint density at radius 1 is 1.15 bits per heavy atom. The van der Waals surface area contributed by atoms with Crippen molar-refractivity contribution in [2.45, 2.75) is 25.4 Å². The van der Waals surface area contributed by atoms with E-state index in [2.05, 4.69) is 6.07 Å². The van der Waals surface area contributed by atoms with Crippen molar-refractivity contribution in [1.29, 1.82) is 5.26 Å². The lowest BCUT2D eigenvalue weighted by Crippen LogP contribution is -2.47. The molecule has 0 unspecified atom stereocenters. The molecular weight excluding hydrogens is 434 g/mol. The number of carboxylic acid groups (broad SMARTS) is 1. The molecule has 0 amide bonds. The van der Waals surface area contributed by atoms with Crippen LogP contribution in [0, 0.1) is 11.3 Å². The van der Waals surface area contributed by atoms with Crippen LogP contribution in [0.4, 0.5) is 5.82 Å². The van der Waals surface area contributed by atoms with Crippen LogP contribution in [-0.2, 0) is 13.6 Å². The van der Waals surface area contributed by atoms with E-state index >= 15 is 0 Å². The summed E-state index contributed by atoms with van der Waals surface area (Å²) in [6.45, 7) is 1.59. The van der Waals surface area contributed by atoms with Gasteiger partial charge in [-0.1, -0.05) is 36.4 Å². The first kappa shape index (κ1) is 24.5. The molecule has 2 heterocycles. The predicted molar refractivity (Wildman–Crippen MR) is 129 cm³/mol. The van der Waals surface area contributed by atoms with E-state index in [1.165, 1.54) is 13.1 Å². The highest BCUT2D eigenvalue weighted by Crippen LogP contribution is 2.19. The van der Waals surface area contributed by atoms with Crippen LogP contribution in [0.25, 0.3) is 0 Å². The molecule has 2 aromatic carbocycles. The summed E-state index contributed by atoms with van der Waals surface area (Å²) in [5, 5.41) is 17.7. The maximum atomic E-state index is 12.7. The summed E-state index contributed by atoms with van der Waals surface area (Å²) in [7, 11) is 1.46. The third kappa shape index (κ3) is 5.79. The number of anilines is 1. The number of carboxylic acids is 1. The van der Waals surface area contributed by atoms with Gasteiger partial charge in [0.15, 0.2) is 0 Å². The first-order chi connectivity index (χ1) is 16.3. The van der Waals surface area contributed by atoms with Crippen molar-refractivity contribution >= 4 is 11.8 Å². The number of nitrogens with zero attached hydrogens (tertiary/aromatic N) is 4. The molecule has 1 fully saturated rings. The maximum Gasteiger partial charge on any atom is 0.335 e. The summed E-state index contributed by atoms with van der Waals surface area (Å²) in [6.07, 6.45) is 1.85. The van der Waals surface area contributed by atoms with E-state index in [0.29, 0.717) is 23.5 Å². The molecule has 0 saturated carbocycles. The summed E-state index contributed by atoms with van der Waals surface area (Å²) in [5.74, 6) is -0.313. The number of hydrogen-bond donors (Lipinski definition) is 2. The number of rotatable bonds is 4. The van der Waals surface area contributed by atoms with Gasteiger partial charge in [0.1, 0.15) is 5.82 Å². The van der Waals surface area contributed by atoms with Crippen molar-refractivity contribution in [1.82, 2.24) is 9.13 Å². The number of aromatic carboxylic acids is 1. The van der Waals surface area contributed by atoms with Gasteiger partial charge in [-0.25, -0.2) is 9.59 Å². The molecular formula is C25H27N5O4. The van der Waals surface area contributed by atoms with Crippen molar-refractivity contribution in [3.63, 3.8) is 0 Å². The highest BCUT2D eigenvalue weighted by atomic mass is 16.4. The van der Waals surface area contributed by atoms with E-state index in [0.717, 1.165) is 29.5 Å². The number of aromatic nitrogens is 2. The minimum atomic E-state index is -0.879. The molecule has 1 aromatic heterocycles. The first-order valence-electron chi connectivity index (χ1n) is 10.9. The molecule has 0 bridgehead atoms. The van der Waals surface area contributed by atoms with Crippen molar-refractivity contribution in [2.24, 2.45) is 12.8 Å². The summed E-state index contributed by atoms with van der Waals surface area (Å²) >= 11 is 0. The Balaban J connectivity index is 0.000000302. The molecule has 3 aromatic rings. The van der Waals surface area contributed by atoms with Crippen molar-refractivity contribution in [2.75, 3.05) is 18.0 Å². The van der Waals surface area contributed by atoms with Crippen LogP contribution < -0.4 is 21.9 Å². The molecule has 1 aliphatic rings. The fraction of sp³-hybridized carbons (Fsp3) is 0.280. The topological polar surface area (TPSA) is 134 Å². The van der Waals surface area contributed by atoms with Crippen LogP contribution in [0.15, 0.2) is 70.3 Å². The highest BCUT2D eigenvalue weighted by Gasteiger charge is 2.22. The summed E-state index contributed by atoms with van der Waals surface area (Å²) < 4.78 is 2.64.